The van der Waals surface area contributed by atoms with Crippen molar-refractivity contribution < 1.29 is 0 Å². The Bertz CT molecular complexity index is 271. The Morgan fingerprint density at radius 2 is 2.15 bits per heavy atom. The van der Waals surface area contributed by atoms with Gasteiger partial charge in [0.25, 0.3) is 0 Å². The van der Waals surface area contributed by atoms with Gasteiger partial charge < -0.3 is 5.32 Å². The largest absolute Gasteiger partial charge is 0.314 e. The normalized spacial score (nSPS) is 19.2. The van der Waals surface area contributed by atoms with Crippen LogP contribution in [0.1, 0.15) is 0 Å². The van der Waals surface area contributed by atoms with Gasteiger partial charge in [0.05, 0.1) is 8.00 Å². The number of nitrogens with zero attached hydrogens (tertiary/aromatic N) is 1. The van der Waals surface area contributed by atoms with Crippen LogP contribution in [0.3, 0.4) is 0 Å². The molecule has 0 unspecified atom stereocenters. The quantitative estimate of drug-likeness (QED) is 0.837. The summed E-state index contributed by atoms with van der Waals surface area (Å²) in [7, 11) is 0. The fourth-order valence-corrected chi connectivity index (χ4v) is 4.13. The summed E-state index contributed by atoms with van der Waals surface area (Å²) in [4.78, 5) is 0. The second-order valence-electron chi connectivity index (χ2n) is 2.83. The number of hydrogen-bond acceptors (Lipinski definition) is 4. The SMILES string of the molecule is Brc1ccc(SN2CCNCC2)s1. The van der Waals surface area contributed by atoms with E-state index < -0.39 is 0 Å². The number of rotatable bonds is 2. The molecule has 0 bridgehead atoms. The molecular formula is C8H11BrN2S2. The second-order valence-corrected chi connectivity index (χ2v) is 6.69. The van der Waals surface area contributed by atoms with E-state index in [1.165, 1.54) is 8.00 Å². The predicted molar refractivity (Wildman–Crippen MR) is 62.3 cm³/mol. The van der Waals surface area contributed by atoms with Gasteiger partial charge in [-0.3, -0.25) is 0 Å². The molecule has 0 saturated carbocycles. The lowest BCUT2D eigenvalue weighted by Crippen LogP contribution is -2.39. The van der Waals surface area contributed by atoms with Gasteiger partial charge in [0.1, 0.15) is 0 Å². The van der Waals surface area contributed by atoms with E-state index in [9.17, 15) is 0 Å². The summed E-state index contributed by atoms with van der Waals surface area (Å²) in [6.07, 6.45) is 0. The molecule has 1 aliphatic heterocycles. The molecule has 5 heteroatoms. The Balaban J connectivity index is 1.89. The highest BCUT2D eigenvalue weighted by molar-refractivity contribution is 9.11. The molecule has 2 nitrogen and oxygen atoms in total. The number of halogens is 1. The van der Waals surface area contributed by atoms with Gasteiger partial charge in [0, 0.05) is 26.2 Å². The minimum Gasteiger partial charge on any atom is -0.314 e. The van der Waals surface area contributed by atoms with E-state index in [1.807, 2.05) is 11.9 Å². The highest BCUT2D eigenvalue weighted by Gasteiger charge is 2.11. The van der Waals surface area contributed by atoms with E-state index >= 15 is 0 Å². The zero-order chi connectivity index (χ0) is 9.10. The van der Waals surface area contributed by atoms with Gasteiger partial charge in [0.2, 0.25) is 0 Å². The van der Waals surface area contributed by atoms with E-state index in [0.29, 0.717) is 0 Å². The Kier molecular flexibility index (Phi) is 3.68. The molecule has 0 amide bonds. The maximum absolute atomic E-state index is 3.47. The molecule has 0 aliphatic carbocycles. The smallest absolute Gasteiger partial charge is 0.0765 e. The van der Waals surface area contributed by atoms with Gasteiger partial charge in [-0.1, -0.05) is 0 Å². The molecule has 72 valence electrons. The second kappa shape index (κ2) is 4.79. The zero-order valence-corrected chi connectivity index (χ0v) is 10.3. The van der Waals surface area contributed by atoms with Crippen molar-refractivity contribution in [1.82, 2.24) is 9.62 Å². The van der Waals surface area contributed by atoms with Crippen LogP contribution in [0, 0.1) is 0 Å². The number of hydrogen-bond donors (Lipinski definition) is 1. The first-order valence-electron chi connectivity index (χ1n) is 4.23. The summed E-state index contributed by atoms with van der Waals surface area (Å²) < 4.78 is 4.99. The van der Waals surface area contributed by atoms with Gasteiger partial charge >= 0.3 is 0 Å². The standard InChI is InChI=1S/C8H11BrN2S2/c9-7-1-2-8(12-7)13-11-5-3-10-4-6-11/h1-2,10H,3-6H2. The molecule has 2 heterocycles. The molecule has 1 aromatic heterocycles. The Labute approximate surface area is 95.0 Å². The third-order valence-electron chi connectivity index (χ3n) is 1.84. The summed E-state index contributed by atoms with van der Waals surface area (Å²) in [6.45, 7) is 4.50. The molecule has 2 rings (SSSR count). The monoisotopic (exact) mass is 278 g/mol. The van der Waals surface area contributed by atoms with Gasteiger partial charge in [-0.05, 0) is 40.0 Å². The minimum absolute atomic E-state index is 1.11. The van der Waals surface area contributed by atoms with E-state index in [2.05, 4.69) is 37.7 Å². The number of piperazine rings is 1. The third-order valence-corrected chi connectivity index (χ3v) is 4.67. The maximum atomic E-state index is 3.47. The van der Waals surface area contributed by atoms with Crippen LogP contribution < -0.4 is 5.32 Å². The van der Waals surface area contributed by atoms with Crippen molar-refractivity contribution in [3.05, 3.63) is 15.9 Å². The molecular weight excluding hydrogens is 268 g/mol. The van der Waals surface area contributed by atoms with E-state index in [4.69, 9.17) is 0 Å². The molecule has 0 spiro atoms. The zero-order valence-electron chi connectivity index (χ0n) is 7.12. The first kappa shape index (κ1) is 9.98. The number of nitrogens with one attached hydrogen (secondary N) is 1. The highest BCUT2D eigenvalue weighted by Crippen LogP contribution is 2.32. The van der Waals surface area contributed by atoms with Crippen LogP contribution >= 0.6 is 39.2 Å². The van der Waals surface area contributed by atoms with Crippen molar-refractivity contribution in [3.63, 3.8) is 0 Å². The predicted octanol–water partition coefficient (Wildman–Crippen LogP) is 2.42. The molecule has 0 radical (unpaired) electrons. The third kappa shape index (κ3) is 2.95. The van der Waals surface area contributed by atoms with Crippen LogP contribution in [0.2, 0.25) is 0 Å². The summed E-state index contributed by atoms with van der Waals surface area (Å²) in [5, 5.41) is 3.34. The summed E-state index contributed by atoms with van der Waals surface area (Å²) >= 11 is 7.14. The average Bonchev–Trinajstić information content (AvgIpc) is 2.53. The van der Waals surface area contributed by atoms with Crippen LogP contribution in [-0.2, 0) is 0 Å². The lowest BCUT2D eigenvalue weighted by molar-refractivity contribution is 0.397. The van der Waals surface area contributed by atoms with Gasteiger partial charge in [0.15, 0.2) is 0 Å². The van der Waals surface area contributed by atoms with Crippen molar-refractivity contribution in [2.24, 2.45) is 0 Å². The van der Waals surface area contributed by atoms with Crippen LogP contribution in [0.25, 0.3) is 0 Å². The molecule has 1 aromatic rings. The maximum Gasteiger partial charge on any atom is 0.0765 e. The fraction of sp³-hybridized carbons (Fsp3) is 0.500. The van der Waals surface area contributed by atoms with Crippen LogP contribution in [0.5, 0.6) is 0 Å². The lowest BCUT2D eigenvalue weighted by Gasteiger charge is -2.25. The van der Waals surface area contributed by atoms with Crippen LogP contribution in [0.4, 0.5) is 0 Å². The van der Waals surface area contributed by atoms with E-state index in [1.54, 1.807) is 11.3 Å². The van der Waals surface area contributed by atoms with Gasteiger partial charge in [-0.15, -0.1) is 11.3 Å². The van der Waals surface area contributed by atoms with Crippen molar-refractivity contribution in [1.29, 1.82) is 0 Å². The molecule has 0 atom stereocenters. The minimum atomic E-state index is 1.11. The first-order valence-corrected chi connectivity index (χ1v) is 6.62. The van der Waals surface area contributed by atoms with Crippen molar-refractivity contribution in [2.75, 3.05) is 26.2 Å². The molecule has 1 fully saturated rings. The number of thiophene rings is 1. The Morgan fingerprint density at radius 3 is 2.77 bits per heavy atom. The van der Waals surface area contributed by atoms with E-state index in [-0.39, 0.29) is 0 Å². The van der Waals surface area contributed by atoms with Crippen molar-refractivity contribution in [2.45, 2.75) is 4.21 Å². The van der Waals surface area contributed by atoms with Crippen molar-refractivity contribution >= 4 is 39.2 Å². The molecule has 1 aliphatic rings. The molecule has 0 aromatic carbocycles. The summed E-state index contributed by atoms with van der Waals surface area (Å²) in [6, 6.07) is 4.27. The topological polar surface area (TPSA) is 15.3 Å². The Hall–Kier alpha value is 0.450. The summed E-state index contributed by atoms with van der Waals surface area (Å²) in [5.74, 6) is 0. The average molecular weight is 279 g/mol. The van der Waals surface area contributed by atoms with Crippen LogP contribution in [-0.4, -0.2) is 30.5 Å². The van der Waals surface area contributed by atoms with E-state index in [0.717, 1.165) is 26.2 Å². The first-order chi connectivity index (χ1) is 6.34. The fourth-order valence-electron chi connectivity index (χ4n) is 1.21. The molecule has 13 heavy (non-hydrogen) atoms. The summed E-state index contributed by atoms with van der Waals surface area (Å²) in [5.41, 5.74) is 0. The van der Waals surface area contributed by atoms with Crippen molar-refractivity contribution in [3.8, 4) is 0 Å². The Morgan fingerprint density at radius 1 is 1.38 bits per heavy atom. The molecule has 1 N–H and O–H groups in total. The lowest BCUT2D eigenvalue weighted by atomic mass is 10.4. The van der Waals surface area contributed by atoms with Crippen LogP contribution in [0.15, 0.2) is 20.1 Å². The molecule has 1 saturated heterocycles. The van der Waals surface area contributed by atoms with Gasteiger partial charge in [-0.25, -0.2) is 4.31 Å². The highest BCUT2D eigenvalue weighted by atomic mass is 79.9. The van der Waals surface area contributed by atoms with Gasteiger partial charge in [-0.2, -0.15) is 0 Å².